The maximum atomic E-state index is 13.3. The van der Waals surface area contributed by atoms with E-state index in [1.54, 1.807) is 4.90 Å². The van der Waals surface area contributed by atoms with Crippen LogP contribution in [0.4, 0.5) is 8.78 Å². The minimum Gasteiger partial charge on any atom is -0.364 e. The number of nitrogens with two attached hydrogens (primary N) is 1. The summed E-state index contributed by atoms with van der Waals surface area (Å²) in [5.41, 5.74) is 5.66. The van der Waals surface area contributed by atoms with E-state index in [1.807, 2.05) is 0 Å². The molecule has 1 aromatic rings. The first kappa shape index (κ1) is 17.8. The van der Waals surface area contributed by atoms with Gasteiger partial charge in [-0.15, -0.1) is 0 Å². The summed E-state index contributed by atoms with van der Waals surface area (Å²) >= 11 is 0. The van der Waals surface area contributed by atoms with Crippen molar-refractivity contribution in [1.82, 2.24) is 9.80 Å². The molecular weight excluding hydrogens is 332 g/mol. The zero-order valence-electron chi connectivity index (χ0n) is 13.8. The molecule has 2 aliphatic rings. The van der Waals surface area contributed by atoms with Gasteiger partial charge in [-0.05, 0) is 31.0 Å². The van der Waals surface area contributed by atoms with Crippen molar-refractivity contribution in [2.24, 2.45) is 5.73 Å². The smallest absolute Gasteiger partial charge is 0.254 e. The fourth-order valence-corrected chi connectivity index (χ4v) is 3.21. The Bertz CT molecular complexity index is 663. The van der Waals surface area contributed by atoms with Gasteiger partial charge in [-0.3, -0.25) is 9.59 Å². The molecule has 2 heterocycles. The van der Waals surface area contributed by atoms with Crippen LogP contribution in [0.1, 0.15) is 23.2 Å². The van der Waals surface area contributed by atoms with E-state index >= 15 is 0 Å². The molecule has 2 fully saturated rings. The minimum atomic E-state index is -1.05. The second-order valence-corrected chi connectivity index (χ2v) is 6.31. The topological polar surface area (TPSA) is 75.9 Å². The fraction of sp³-hybridized carbons (Fsp3) is 0.529. The zero-order chi connectivity index (χ0) is 18.0. The van der Waals surface area contributed by atoms with Crippen molar-refractivity contribution in [3.05, 3.63) is 35.4 Å². The molecule has 2 amide bonds. The number of carbonyl (C=O) groups excluding carboxylic acids is 2. The summed E-state index contributed by atoms with van der Waals surface area (Å²) in [7, 11) is 0. The maximum absolute atomic E-state index is 13.3. The lowest BCUT2D eigenvalue weighted by molar-refractivity contribution is -0.144. The van der Waals surface area contributed by atoms with E-state index in [0.717, 1.165) is 18.6 Å². The normalized spacial score (nSPS) is 23.8. The lowest BCUT2D eigenvalue weighted by atomic mass is 10.1. The highest BCUT2D eigenvalue weighted by atomic mass is 19.2. The van der Waals surface area contributed by atoms with Crippen LogP contribution in [0, 0.1) is 11.6 Å². The lowest BCUT2D eigenvalue weighted by Crippen LogP contribution is -2.53. The van der Waals surface area contributed by atoms with Gasteiger partial charge in [-0.25, -0.2) is 8.78 Å². The van der Waals surface area contributed by atoms with Gasteiger partial charge in [0, 0.05) is 38.3 Å². The first-order valence-corrected chi connectivity index (χ1v) is 8.38. The van der Waals surface area contributed by atoms with Crippen molar-refractivity contribution in [2.45, 2.75) is 25.0 Å². The number of rotatable bonds is 3. The summed E-state index contributed by atoms with van der Waals surface area (Å²) in [6.07, 6.45) is 0.920. The highest BCUT2D eigenvalue weighted by molar-refractivity contribution is 5.94. The Morgan fingerprint density at radius 3 is 2.36 bits per heavy atom. The zero-order valence-corrected chi connectivity index (χ0v) is 13.8. The molecule has 6 nitrogen and oxygen atoms in total. The number of nitrogens with zero attached hydrogens (tertiary/aromatic N) is 2. The molecule has 8 heteroatoms. The number of hydrogen-bond donors (Lipinski definition) is 1. The third-order valence-corrected chi connectivity index (χ3v) is 4.69. The van der Waals surface area contributed by atoms with Crippen LogP contribution in [-0.4, -0.2) is 66.5 Å². The van der Waals surface area contributed by atoms with Gasteiger partial charge in [0.05, 0.1) is 6.10 Å². The summed E-state index contributed by atoms with van der Waals surface area (Å²) in [5, 5.41) is 0. The van der Waals surface area contributed by atoms with Crippen LogP contribution >= 0.6 is 0 Å². The first-order chi connectivity index (χ1) is 12.0. The molecule has 25 heavy (non-hydrogen) atoms. The summed E-state index contributed by atoms with van der Waals surface area (Å²) in [4.78, 5) is 28.0. The minimum absolute atomic E-state index is 0.0646. The molecule has 3 rings (SSSR count). The summed E-state index contributed by atoms with van der Waals surface area (Å²) in [5.74, 6) is -2.48. The molecular formula is C17H21F2N3O3. The second kappa shape index (κ2) is 7.45. The molecule has 2 atom stereocenters. The quantitative estimate of drug-likeness (QED) is 0.870. The number of amides is 2. The standard InChI is InChI=1S/C17H21F2N3O3/c18-13-3-1-11(9-14(13)19)16(23)21-5-7-22(8-6-21)17(24)15-4-2-12(10-20)25-15/h1,3,9,12,15H,2,4-8,10,20H2/t12-,15+/m1/s1. The lowest BCUT2D eigenvalue weighted by Gasteiger charge is -2.35. The Hall–Kier alpha value is -2.06. The fourth-order valence-electron chi connectivity index (χ4n) is 3.21. The third kappa shape index (κ3) is 3.80. The third-order valence-electron chi connectivity index (χ3n) is 4.69. The van der Waals surface area contributed by atoms with Crippen molar-refractivity contribution >= 4 is 11.8 Å². The van der Waals surface area contributed by atoms with E-state index in [4.69, 9.17) is 10.5 Å². The number of ether oxygens (including phenoxy) is 1. The second-order valence-electron chi connectivity index (χ2n) is 6.31. The number of carbonyl (C=O) groups is 2. The van der Waals surface area contributed by atoms with Crippen LogP contribution in [0.25, 0.3) is 0 Å². The number of piperazine rings is 1. The van der Waals surface area contributed by atoms with Gasteiger partial charge in [0.2, 0.25) is 0 Å². The Morgan fingerprint density at radius 2 is 1.76 bits per heavy atom. The van der Waals surface area contributed by atoms with Gasteiger partial charge in [-0.1, -0.05) is 0 Å². The molecule has 0 aromatic heterocycles. The Kier molecular flexibility index (Phi) is 5.29. The SMILES string of the molecule is NC[C@H]1CC[C@@H](C(=O)N2CCN(C(=O)c3ccc(F)c(F)c3)CC2)O1. The molecule has 0 bridgehead atoms. The van der Waals surface area contributed by atoms with E-state index in [1.165, 1.54) is 11.0 Å². The van der Waals surface area contributed by atoms with Gasteiger partial charge in [0.15, 0.2) is 11.6 Å². The van der Waals surface area contributed by atoms with Gasteiger partial charge in [-0.2, -0.15) is 0 Å². The van der Waals surface area contributed by atoms with Crippen molar-refractivity contribution in [3.63, 3.8) is 0 Å². The Morgan fingerprint density at radius 1 is 1.08 bits per heavy atom. The molecule has 0 aliphatic carbocycles. The van der Waals surface area contributed by atoms with Crippen LogP contribution in [-0.2, 0) is 9.53 Å². The molecule has 136 valence electrons. The number of hydrogen-bond acceptors (Lipinski definition) is 4. The molecule has 2 N–H and O–H groups in total. The largest absolute Gasteiger partial charge is 0.364 e. The van der Waals surface area contributed by atoms with Crippen molar-refractivity contribution in [3.8, 4) is 0 Å². The van der Waals surface area contributed by atoms with Crippen LogP contribution in [0.3, 0.4) is 0 Å². The maximum Gasteiger partial charge on any atom is 0.254 e. The van der Waals surface area contributed by atoms with E-state index in [-0.39, 0.29) is 23.5 Å². The van der Waals surface area contributed by atoms with E-state index in [0.29, 0.717) is 39.1 Å². The molecule has 0 radical (unpaired) electrons. The van der Waals surface area contributed by atoms with Crippen LogP contribution < -0.4 is 5.73 Å². The highest BCUT2D eigenvalue weighted by Crippen LogP contribution is 2.21. The van der Waals surface area contributed by atoms with Gasteiger partial charge in [0.1, 0.15) is 6.10 Å². The highest BCUT2D eigenvalue weighted by Gasteiger charge is 2.34. The van der Waals surface area contributed by atoms with Crippen molar-refractivity contribution < 1.29 is 23.1 Å². The van der Waals surface area contributed by atoms with E-state index in [2.05, 4.69) is 0 Å². The average Bonchev–Trinajstić information content (AvgIpc) is 3.12. The van der Waals surface area contributed by atoms with Crippen molar-refractivity contribution in [1.29, 1.82) is 0 Å². The molecule has 0 spiro atoms. The summed E-state index contributed by atoms with van der Waals surface area (Å²) < 4.78 is 31.9. The number of halogens is 2. The summed E-state index contributed by atoms with van der Waals surface area (Å²) in [6, 6.07) is 3.10. The Labute approximate surface area is 144 Å². The summed E-state index contributed by atoms with van der Waals surface area (Å²) in [6.45, 7) is 1.87. The van der Waals surface area contributed by atoms with Crippen molar-refractivity contribution in [2.75, 3.05) is 32.7 Å². The van der Waals surface area contributed by atoms with Crippen LogP contribution in [0.2, 0.25) is 0 Å². The van der Waals surface area contributed by atoms with E-state index in [9.17, 15) is 18.4 Å². The number of benzene rings is 1. The van der Waals surface area contributed by atoms with Crippen LogP contribution in [0.5, 0.6) is 0 Å². The predicted octanol–water partition coefficient (Wildman–Crippen LogP) is 0.756. The van der Waals surface area contributed by atoms with Crippen LogP contribution in [0.15, 0.2) is 18.2 Å². The van der Waals surface area contributed by atoms with E-state index < -0.39 is 17.7 Å². The molecule has 2 saturated heterocycles. The molecule has 0 saturated carbocycles. The van der Waals surface area contributed by atoms with Gasteiger partial charge >= 0.3 is 0 Å². The predicted molar refractivity (Wildman–Crippen MR) is 85.8 cm³/mol. The first-order valence-electron chi connectivity index (χ1n) is 8.38. The molecule has 2 aliphatic heterocycles. The van der Waals surface area contributed by atoms with Gasteiger partial charge in [0.25, 0.3) is 11.8 Å². The Balaban J connectivity index is 1.55. The molecule has 1 aromatic carbocycles. The average molecular weight is 353 g/mol. The molecule has 0 unspecified atom stereocenters. The monoisotopic (exact) mass is 353 g/mol. The van der Waals surface area contributed by atoms with Gasteiger partial charge < -0.3 is 20.3 Å².